The Kier molecular flexibility index (Phi) is 7.40. The van der Waals surface area contributed by atoms with Crippen LogP contribution in [-0.2, 0) is 4.79 Å². The highest BCUT2D eigenvalue weighted by Gasteiger charge is 2.54. The van der Waals surface area contributed by atoms with Gasteiger partial charge in [-0.2, -0.15) is 0 Å². The number of hydrogen-bond acceptors (Lipinski definition) is 5. The van der Waals surface area contributed by atoms with Crippen molar-refractivity contribution in [2.45, 2.75) is 75.5 Å². The van der Waals surface area contributed by atoms with Crippen molar-refractivity contribution in [2.75, 3.05) is 5.75 Å². The Morgan fingerprint density at radius 2 is 2.11 bits per heavy atom. The van der Waals surface area contributed by atoms with Crippen LogP contribution < -0.4 is 0 Å². The number of carboxylic acid groups (broad SMARTS) is 1. The highest BCUT2D eigenvalue weighted by atomic mass is 32.2. The lowest BCUT2D eigenvalue weighted by atomic mass is 9.82. The van der Waals surface area contributed by atoms with E-state index in [1.165, 1.54) is 19.3 Å². The quantitative estimate of drug-likeness (QED) is 0.420. The molecule has 2 saturated carbocycles. The second-order valence-electron chi connectivity index (χ2n) is 8.48. The Balaban J connectivity index is 1.61. The molecule has 0 spiro atoms. The minimum absolute atomic E-state index is 0.0305. The largest absolute Gasteiger partial charge is 0.481 e. The highest BCUT2D eigenvalue weighted by Crippen LogP contribution is 2.51. The van der Waals surface area contributed by atoms with Gasteiger partial charge in [-0.25, -0.2) is 0 Å². The van der Waals surface area contributed by atoms with E-state index in [9.17, 15) is 15.0 Å². The molecule has 0 aromatic carbocycles. The standard InChI is InChI=1S/C22H33NO4S/c1-2-22-14-19(25)16(10-11-18(24)15-7-4-3-5-8-15)17(22)13-20(23-22)28-12-6-9-21(26)27/h2,10-11,15-19,24-25H,1,3-9,12-14H2,(H,26,27). The molecule has 0 aromatic heterocycles. The summed E-state index contributed by atoms with van der Waals surface area (Å²) < 4.78 is 0. The second-order valence-corrected chi connectivity index (χ2v) is 9.65. The van der Waals surface area contributed by atoms with Gasteiger partial charge in [-0.15, -0.1) is 18.3 Å². The van der Waals surface area contributed by atoms with Gasteiger partial charge in [0.05, 0.1) is 22.8 Å². The van der Waals surface area contributed by atoms with Crippen molar-refractivity contribution in [3.63, 3.8) is 0 Å². The Morgan fingerprint density at radius 3 is 2.79 bits per heavy atom. The molecule has 6 heteroatoms. The summed E-state index contributed by atoms with van der Waals surface area (Å²) in [5.41, 5.74) is -0.431. The van der Waals surface area contributed by atoms with Crippen molar-refractivity contribution in [1.29, 1.82) is 0 Å². The number of carboxylic acids is 1. The summed E-state index contributed by atoms with van der Waals surface area (Å²) in [6.45, 7) is 3.99. The van der Waals surface area contributed by atoms with Crippen LogP contribution in [0, 0.1) is 17.8 Å². The molecule has 5 atom stereocenters. The maximum absolute atomic E-state index is 10.7. The van der Waals surface area contributed by atoms with Gasteiger partial charge in [-0.1, -0.05) is 37.5 Å². The molecule has 2 fully saturated rings. The van der Waals surface area contributed by atoms with Gasteiger partial charge in [0.25, 0.3) is 0 Å². The lowest BCUT2D eigenvalue weighted by Gasteiger charge is -2.26. The average Bonchev–Trinajstić information content (AvgIpc) is 3.16. The first-order valence-electron chi connectivity index (χ1n) is 10.6. The first-order valence-corrected chi connectivity index (χ1v) is 11.5. The first kappa shape index (κ1) is 21.6. The number of aliphatic carboxylic acids is 1. The molecule has 5 nitrogen and oxygen atoms in total. The molecule has 2 aliphatic carbocycles. The van der Waals surface area contributed by atoms with E-state index in [1.807, 2.05) is 18.2 Å². The molecule has 1 heterocycles. The van der Waals surface area contributed by atoms with E-state index in [-0.39, 0.29) is 18.3 Å². The highest BCUT2D eigenvalue weighted by molar-refractivity contribution is 8.13. The maximum atomic E-state index is 10.7. The summed E-state index contributed by atoms with van der Waals surface area (Å²) in [5.74, 6) is 0.453. The van der Waals surface area contributed by atoms with Gasteiger partial charge in [-0.05, 0) is 30.9 Å². The molecule has 3 rings (SSSR count). The summed E-state index contributed by atoms with van der Waals surface area (Å²) in [6.07, 6.45) is 12.9. The average molecular weight is 408 g/mol. The third kappa shape index (κ3) is 4.89. The van der Waals surface area contributed by atoms with Crippen molar-refractivity contribution in [3.8, 4) is 0 Å². The summed E-state index contributed by atoms with van der Waals surface area (Å²) >= 11 is 1.63. The third-order valence-electron chi connectivity index (χ3n) is 6.63. The topological polar surface area (TPSA) is 90.1 Å². The van der Waals surface area contributed by atoms with Gasteiger partial charge in [0.1, 0.15) is 0 Å². The van der Waals surface area contributed by atoms with Crippen molar-refractivity contribution < 1.29 is 20.1 Å². The molecule has 28 heavy (non-hydrogen) atoms. The van der Waals surface area contributed by atoms with Crippen molar-refractivity contribution >= 4 is 22.8 Å². The lowest BCUT2D eigenvalue weighted by Crippen LogP contribution is -2.27. The minimum Gasteiger partial charge on any atom is -0.481 e. The monoisotopic (exact) mass is 407 g/mol. The van der Waals surface area contributed by atoms with Crippen LogP contribution in [0.2, 0.25) is 0 Å². The first-order chi connectivity index (χ1) is 13.4. The zero-order valence-corrected chi connectivity index (χ0v) is 17.3. The molecule has 1 aliphatic heterocycles. The van der Waals surface area contributed by atoms with Crippen LogP contribution >= 0.6 is 11.8 Å². The number of fused-ring (bicyclic) bond motifs is 1. The molecule has 3 aliphatic rings. The number of aliphatic imine (C=N–C) groups is 1. The molecular weight excluding hydrogens is 374 g/mol. The van der Waals surface area contributed by atoms with Gasteiger partial charge in [0, 0.05) is 31.1 Å². The van der Waals surface area contributed by atoms with E-state index in [0.717, 1.165) is 30.1 Å². The Labute approximate surface area is 172 Å². The predicted molar refractivity (Wildman–Crippen MR) is 114 cm³/mol. The molecule has 0 amide bonds. The number of carbonyl (C=O) groups is 1. The number of aliphatic hydroxyl groups is 2. The molecule has 5 unspecified atom stereocenters. The number of nitrogens with zero attached hydrogens (tertiary/aromatic N) is 1. The number of rotatable bonds is 8. The SMILES string of the molecule is C=CC12CC(O)C(C=CC(O)C3CCCCC3)C1CC(SCCCC(=O)O)=N2. The lowest BCUT2D eigenvalue weighted by molar-refractivity contribution is -0.137. The Hall–Kier alpha value is -1.11. The van der Waals surface area contributed by atoms with E-state index >= 15 is 0 Å². The van der Waals surface area contributed by atoms with E-state index in [1.54, 1.807) is 11.8 Å². The summed E-state index contributed by atoms with van der Waals surface area (Å²) in [6, 6.07) is 0. The summed E-state index contributed by atoms with van der Waals surface area (Å²) in [5, 5.41) is 31.0. The fraction of sp³-hybridized carbons (Fsp3) is 0.727. The summed E-state index contributed by atoms with van der Waals surface area (Å²) in [4.78, 5) is 15.6. The molecule has 3 N–H and O–H groups in total. The van der Waals surface area contributed by atoms with Gasteiger partial charge in [0.2, 0.25) is 0 Å². The molecule has 156 valence electrons. The fourth-order valence-electron chi connectivity index (χ4n) is 5.05. The molecule has 0 bridgehead atoms. The van der Waals surface area contributed by atoms with Gasteiger partial charge >= 0.3 is 5.97 Å². The van der Waals surface area contributed by atoms with Gasteiger partial charge < -0.3 is 15.3 Å². The fourth-order valence-corrected chi connectivity index (χ4v) is 6.11. The van der Waals surface area contributed by atoms with Crippen LogP contribution in [0.1, 0.15) is 57.8 Å². The molecule has 0 radical (unpaired) electrons. The zero-order chi connectivity index (χ0) is 20.1. The van der Waals surface area contributed by atoms with Crippen molar-refractivity contribution in [2.24, 2.45) is 22.7 Å². The normalized spacial score (nSPS) is 34.4. The van der Waals surface area contributed by atoms with E-state index < -0.39 is 23.7 Å². The second kappa shape index (κ2) is 9.59. The predicted octanol–water partition coefficient (Wildman–Crippen LogP) is 3.81. The Bertz CT molecular complexity index is 628. The van der Waals surface area contributed by atoms with Crippen molar-refractivity contribution in [3.05, 3.63) is 24.8 Å². The van der Waals surface area contributed by atoms with Crippen LogP contribution in [0.25, 0.3) is 0 Å². The molecular formula is C22H33NO4S. The van der Waals surface area contributed by atoms with E-state index in [0.29, 0.717) is 18.8 Å². The Morgan fingerprint density at radius 1 is 1.36 bits per heavy atom. The smallest absolute Gasteiger partial charge is 0.303 e. The number of thioether (sulfide) groups is 1. The van der Waals surface area contributed by atoms with Gasteiger partial charge in [0.15, 0.2) is 0 Å². The molecule has 0 aromatic rings. The minimum atomic E-state index is -0.766. The van der Waals surface area contributed by atoms with Crippen LogP contribution in [0.5, 0.6) is 0 Å². The zero-order valence-electron chi connectivity index (χ0n) is 16.5. The van der Waals surface area contributed by atoms with Crippen molar-refractivity contribution in [1.82, 2.24) is 0 Å². The van der Waals surface area contributed by atoms with Crippen LogP contribution in [0.3, 0.4) is 0 Å². The molecule has 0 saturated heterocycles. The van der Waals surface area contributed by atoms with E-state index in [4.69, 9.17) is 10.1 Å². The maximum Gasteiger partial charge on any atom is 0.303 e. The van der Waals surface area contributed by atoms with Gasteiger partial charge in [-0.3, -0.25) is 9.79 Å². The third-order valence-corrected chi connectivity index (χ3v) is 7.72. The summed E-state index contributed by atoms with van der Waals surface area (Å²) in [7, 11) is 0. The van der Waals surface area contributed by atoms with Crippen LogP contribution in [0.4, 0.5) is 0 Å². The van der Waals surface area contributed by atoms with Crippen LogP contribution in [0.15, 0.2) is 29.8 Å². The number of hydrogen-bond donors (Lipinski definition) is 3. The number of aliphatic hydroxyl groups excluding tert-OH is 2. The van der Waals surface area contributed by atoms with E-state index in [2.05, 4.69) is 6.58 Å². The van der Waals surface area contributed by atoms with Crippen LogP contribution in [-0.4, -0.2) is 49.8 Å².